The van der Waals surface area contributed by atoms with Gasteiger partial charge in [0.1, 0.15) is 10.1 Å². The van der Waals surface area contributed by atoms with Crippen LogP contribution in [-0.4, -0.2) is 26.6 Å². The number of halogens is 1. The van der Waals surface area contributed by atoms with Crippen LogP contribution in [0.2, 0.25) is 5.02 Å². The van der Waals surface area contributed by atoms with Crippen LogP contribution in [0.5, 0.6) is 0 Å². The molecular weight excluding hydrogens is 354 g/mol. The van der Waals surface area contributed by atoms with Crippen LogP contribution in [0, 0.1) is 0 Å². The first kappa shape index (κ1) is 18.0. The number of hydrogen-bond acceptors (Lipinski definition) is 4. The van der Waals surface area contributed by atoms with Crippen molar-refractivity contribution in [3.05, 3.63) is 23.0 Å². The van der Waals surface area contributed by atoms with E-state index in [0.717, 1.165) is 0 Å². The van der Waals surface area contributed by atoms with Crippen molar-refractivity contribution in [2.24, 2.45) is 0 Å². The fraction of sp³-hybridized carbons (Fsp3) is 0.400. The zero-order valence-electron chi connectivity index (χ0n) is 13.3. The first-order chi connectivity index (χ1) is 10.6. The van der Waals surface area contributed by atoms with Gasteiger partial charge in [-0.05, 0) is 19.1 Å². The topological polar surface area (TPSA) is 56.2 Å². The molecule has 0 aliphatic carbocycles. The highest BCUT2D eigenvalue weighted by Gasteiger charge is 2.27. The molecule has 5 nitrogen and oxygen atoms in total. The number of imidazole rings is 1. The van der Waals surface area contributed by atoms with E-state index in [2.05, 4.69) is 22.9 Å². The van der Waals surface area contributed by atoms with Gasteiger partial charge in [-0.3, -0.25) is 0 Å². The number of nitrogens with zero attached hydrogens (tertiary/aromatic N) is 2. The number of thiocarbonyl (C=S) groups is 1. The van der Waals surface area contributed by atoms with Gasteiger partial charge in [0.15, 0.2) is 0 Å². The zero-order valence-corrected chi connectivity index (χ0v) is 15.8. The van der Waals surface area contributed by atoms with E-state index in [-0.39, 0.29) is 16.3 Å². The van der Waals surface area contributed by atoms with Crippen LogP contribution in [-0.2, 0) is 10.2 Å². The minimum Gasteiger partial charge on any atom is -0.449 e. The molecule has 0 bridgehead atoms. The largest absolute Gasteiger partial charge is 0.449 e. The number of benzene rings is 1. The molecule has 23 heavy (non-hydrogen) atoms. The summed E-state index contributed by atoms with van der Waals surface area (Å²) in [5.74, 6) is 0.604. The summed E-state index contributed by atoms with van der Waals surface area (Å²) in [6, 6.07) is 3.41. The lowest BCUT2D eigenvalue weighted by atomic mass is 9.96. The lowest BCUT2D eigenvalue weighted by molar-refractivity contribution is 0.153. The Morgan fingerprint density at radius 2 is 2.13 bits per heavy atom. The highest BCUT2D eigenvalue weighted by molar-refractivity contribution is 8.11. The van der Waals surface area contributed by atoms with E-state index >= 15 is 0 Å². The van der Waals surface area contributed by atoms with Crippen molar-refractivity contribution in [1.29, 1.82) is 0 Å². The maximum Gasteiger partial charge on any atom is 0.419 e. The molecule has 0 aliphatic heterocycles. The normalized spacial score (nSPS) is 11.6. The Labute approximate surface area is 150 Å². The zero-order chi connectivity index (χ0) is 17.4. The molecule has 0 saturated carbocycles. The molecule has 0 fully saturated rings. The predicted molar refractivity (Wildman–Crippen MR) is 101 cm³/mol. The standard InChI is InChI=1S/C15H18ClN3O2S2/c1-5-21-14(20)19-11-7-9(18-13(22)23)8(16)6-10(11)17-12(19)15(2,3)4/h6-7H,5H2,1-4H3,(H2,18,22,23). The molecule has 8 heteroatoms. The van der Waals surface area contributed by atoms with Gasteiger partial charge in [0, 0.05) is 5.41 Å². The van der Waals surface area contributed by atoms with E-state index in [1.54, 1.807) is 19.1 Å². The number of fused-ring (bicyclic) bond motifs is 1. The van der Waals surface area contributed by atoms with Crippen molar-refractivity contribution in [1.82, 2.24) is 9.55 Å². The van der Waals surface area contributed by atoms with Crippen LogP contribution < -0.4 is 5.32 Å². The van der Waals surface area contributed by atoms with Gasteiger partial charge in [-0.2, -0.15) is 0 Å². The van der Waals surface area contributed by atoms with E-state index in [9.17, 15) is 4.79 Å². The molecule has 0 aliphatic rings. The maximum atomic E-state index is 12.4. The Bertz CT molecular complexity index is 781. The van der Waals surface area contributed by atoms with E-state index in [0.29, 0.717) is 27.6 Å². The van der Waals surface area contributed by atoms with Crippen molar-refractivity contribution >= 4 is 63.6 Å². The van der Waals surface area contributed by atoms with Crippen LogP contribution in [0.4, 0.5) is 10.5 Å². The molecule has 124 valence electrons. The molecule has 0 saturated heterocycles. The molecule has 2 aromatic rings. The van der Waals surface area contributed by atoms with Gasteiger partial charge in [-0.25, -0.2) is 14.3 Å². The summed E-state index contributed by atoms with van der Waals surface area (Å²) in [6.07, 6.45) is -0.471. The van der Waals surface area contributed by atoms with Crippen molar-refractivity contribution in [3.63, 3.8) is 0 Å². The molecule has 1 aromatic heterocycles. The van der Waals surface area contributed by atoms with Crippen LogP contribution in [0.1, 0.15) is 33.5 Å². The molecule has 0 radical (unpaired) electrons. The van der Waals surface area contributed by atoms with E-state index < -0.39 is 6.09 Å². The molecule has 1 heterocycles. The Balaban J connectivity index is 2.75. The van der Waals surface area contributed by atoms with Gasteiger partial charge < -0.3 is 10.1 Å². The van der Waals surface area contributed by atoms with Crippen molar-refractivity contribution in [2.45, 2.75) is 33.1 Å². The Hall–Kier alpha value is -1.31. The average Bonchev–Trinajstić information content (AvgIpc) is 2.77. The highest BCUT2D eigenvalue weighted by atomic mass is 35.5. The number of hydrogen-bond donors (Lipinski definition) is 2. The third kappa shape index (κ3) is 3.79. The molecule has 0 spiro atoms. The second-order valence-corrected chi connectivity index (χ2v) is 7.54. The summed E-state index contributed by atoms with van der Waals surface area (Å²) in [5.41, 5.74) is 1.43. The van der Waals surface area contributed by atoms with Crippen LogP contribution in [0.3, 0.4) is 0 Å². The molecule has 0 atom stereocenters. The van der Waals surface area contributed by atoms with Gasteiger partial charge in [0.05, 0.1) is 28.4 Å². The van der Waals surface area contributed by atoms with Gasteiger partial charge in [0.2, 0.25) is 0 Å². The van der Waals surface area contributed by atoms with Crippen molar-refractivity contribution in [2.75, 3.05) is 11.9 Å². The minimum atomic E-state index is -0.471. The fourth-order valence-electron chi connectivity index (χ4n) is 2.19. The van der Waals surface area contributed by atoms with Crippen LogP contribution in [0.15, 0.2) is 12.1 Å². The SMILES string of the molecule is CCOC(=O)n1c(C(C)(C)C)nc2cc(Cl)c(NC(=S)S)cc21. The van der Waals surface area contributed by atoms with Crippen molar-refractivity contribution in [3.8, 4) is 0 Å². The molecule has 0 unspecified atom stereocenters. The Morgan fingerprint density at radius 3 is 2.65 bits per heavy atom. The average molecular weight is 372 g/mol. The van der Waals surface area contributed by atoms with Crippen LogP contribution >= 0.6 is 36.4 Å². The Kier molecular flexibility index (Phi) is 5.23. The first-order valence-electron chi connectivity index (χ1n) is 7.04. The number of rotatable bonds is 2. The maximum absolute atomic E-state index is 12.4. The summed E-state index contributed by atoms with van der Waals surface area (Å²) in [6.45, 7) is 7.98. The third-order valence-electron chi connectivity index (χ3n) is 3.11. The smallest absolute Gasteiger partial charge is 0.419 e. The first-order valence-corrected chi connectivity index (χ1v) is 8.28. The number of ether oxygens (including phenoxy) is 1. The second kappa shape index (κ2) is 6.67. The van der Waals surface area contributed by atoms with Gasteiger partial charge in [-0.15, -0.1) is 12.6 Å². The molecule has 1 aromatic carbocycles. The fourth-order valence-corrected chi connectivity index (χ4v) is 2.62. The van der Waals surface area contributed by atoms with Gasteiger partial charge in [-0.1, -0.05) is 44.6 Å². The second-order valence-electron chi connectivity index (χ2n) is 5.97. The minimum absolute atomic E-state index is 0.279. The monoisotopic (exact) mass is 371 g/mol. The van der Waals surface area contributed by atoms with E-state index in [4.69, 9.17) is 28.6 Å². The predicted octanol–water partition coefficient (Wildman–Crippen LogP) is 4.62. The Morgan fingerprint density at radius 1 is 1.48 bits per heavy atom. The van der Waals surface area contributed by atoms with Gasteiger partial charge >= 0.3 is 6.09 Å². The third-order valence-corrected chi connectivity index (χ3v) is 3.63. The van der Waals surface area contributed by atoms with E-state index in [1.165, 1.54) is 4.57 Å². The molecule has 1 N–H and O–H groups in total. The lowest BCUT2D eigenvalue weighted by Crippen LogP contribution is -2.24. The number of anilines is 1. The number of nitrogens with one attached hydrogen (secondary N) is 1. The molecule has 0 amide bonds. The highest BCUT2D eigenvalue weighted by Crippen LogP contribution is 2.32. The van der Waals surface area contributed by atoms with Crippen molar-refractivity contribution < 1.29 is 9.53 Å². The summed E-state index contributed by atoms with van der Waals surface area (Å²) in [5, 5.41) is 3.33. The lowest BCUT2D eigenvalue weighted by Gasteiger charge is -2.18. The van der Waals surface area contributed by atoms with Gasteiger partial charge in [0.25, 0.3) is 0 Å². The van der Waals surface area contributed by atoms with E-state index in [1.807, 2.05) is 20.8 Å². The molecule has 2 rings (SSSR count). The summed E-state index contributed by atoms with van der Waals surface area (Å²) >= 11 is 15.2. The summed E-state index contributed by atoms with van der Waals surface area (Å²) in [4.78, 5) is 17.0. The molecular formula is C15H18ClN3O2S2. The number of aromatic nitrogens is 2. The summed E-state index contributed by atoms with van der Waals surface area (Å²) in [7, 11) is 0. The number of carbonyl (C=O) groups is 1. The quantitative estimate of drug-likeness (QED) is 0.596. The van der Waals surface area contributed by atoms with Crippen LogP contribution in [0.25, 0.3) is 11.0 Å². The number of carbonyl (C=O) groups excluding carboxylic acids is 1. The number of thiol groups is 1. The summed E-state index contributed by atoms with van der Waals surface area (Å²) < 4.78 is 6.93.